The Morgan fingerprint density at radius 1 is 1.25 bits per heavy atom. The van der Waals surface area contributed by atoms with Crippen LogP contribution >= 0.6 is 31.9 Å². The predicted octanol–water partition coefficient (Wildman–Crippen LogP) is 5.66. The molecule has 0 radical (unpaired) electrons. The van der Waals surface area contributed by atoms with Gasteiger partial charge in [-0.05, 0) is 53.4 Å². The molecule has 20 heavy (non-hydrogen) atoms. The van der Waals surface area contributed by atoms with Crippen LogP contribution in [-0.2, 0) is 13.0 Å². The van der Waals surface area contributed by atoms with Gasteiger partial charge >= 0.3 is 0 Å². The molecule has 0 aliphatic heterocycles. The van der Waals surface area contributed by atoms with Gasteiger partial charge in [0.1, 0.15) is 11.3 Å². The van der Waals surface area contributed by atoms with Gasteiger partial charge in [0.25, 0.3) is 0 Å². The zero-order chi connectivity index (χ0) is 14.7. The summed E-state index contributed by atoms with van der Waals surface area (Å²) in [4.78, 5) is 0. The molecule has 0 unspecified atom stereocenters. The maximum atomic E-state index is 6.10. The molecule has 1 aromatic heterocycles. The molecule has 0 bridgehead atoms. The highest BCUT2D eigenvalue weighted by atomic mass is 79.9. The number of rotatable bonds is 6. The molecule has 1 N–H and O–H groups in total. The van der Waals surface area contributed by atoms with Crippen LogP contribution in [0.2, 0.25) is 0 Å². The fourth-order valence-electron chi connectivity index (χ4n) is 2.38. The summed E-state index contributed by atoms with van der Waals surface area (Å²) in [5, 5.41) is 4.66. The van der Waals surface area contributed by atoms with E-state index in [0.717, 1.165) is 46.2 Å². The van der Waals surface area contributed by atoms with Crippen LogP contribution < -0.4 is 5.32 Å². The lowest BCUT2D eigenvalue weighted by Gasteiger charge is -2.07. The van der Waals surface area contributed by atoms with E-state index in [0.29, 0.717) is 5.92 Å². The minimum Gasteiger partial charge on any atom is -0.458 e. The molecule has 0 saturated carbocycles. The molecule has 0 spiro atoms. The fraction of sp³-hybridized carbons (Fsp3) is 0.500. The Kier molecular flexibility index (Phi) is 5.70. The Morgan fingerprint density at radius 3 is 2.65 bits per heavy atom. The smallest absolute Gasteiger partial charge is 0.148 e. The average Bonchev–Trinajstić information content (AvgIpc) is 2.68. The van der Waals surface area contributed by atoms with Gasteiger partial charge in [-0.3, -0.25) is 0 Å². The fourth-order valence-corrected chi connectivity index (χ4v) is 3.68. The van der Waals surface area contributed by atoms with Crippen LogP contribution in [0.15, 0.2) is 25.5 Å². The molecular weight excluding hydrogens is 382 g/mol. The van der Waals surface area contributed by atoms with Gasteiger partial charge in [0, 0.05) is 15.4 Å². The second-order valence-electron chi connectivity index (χ2n) is 5.54. The highest BCUT2D eigenvalue weighted by molar-refractivity contribution is 9.11. The molecular formula is C16H21Br2NO. The van der Waals surface area contributed by atoms with E-state index < -0.39 is 0 Å². The molecule has 0 aliphatic carbocycles. The molecule has 0 aliphatic rings. The molecule has 4 heteroatoms. The molecule has 2 rings (SSSR count). The minimum atomic E-state index is 0.610. The summed E-state index contributed by atoms with van der Waals surface area (Å²) >= 11 is 7.17. The van der Waals surface area contributed by atoms with Gasteiger partial charge in [0.2, 0.25) is 0 Å². The first kappa shape index (κ1) is 16.1. The van der Waals surface area contributed by atoms with Crippen LogP contribution in [0.25, 0.3) is 11.0 Å². The molecule has 1 heterocycles. The quantitative estimate of drug-likeness (QED) is 0.631. The standard InChI is InChI=1S/C16H21Br2NO/c1-4-5-19-9-15-12(6-10(2)3)13-7-11(17)8-14(18)16(13)20-15/h7-8,10,19H,4-6,9H2,1-3H3. The van der Waals surface area contributed by atoms with Crippen molar-refractivity contribution >= 4 is 42.8 Å². The van der Waals surface area contributed by atoms with E-state index >= 15 is 0 Å². The Bertz CT molecular complexity index is 590. The molecule has 0 amide bonds. The molecule has 0 saturated heterocycles. The number of benzene rings is 1. The number of furan rings is 1. The van der Waals surface area contributed by atoms with Gasteiger partial charge in [-0.2, -0.15) is 0 Å². The first-order chi connectivity index (χ1) is 9.52. The Labute approximate surface area is 137 Å². The van der Waals surface area contributed by atoms with E-state index in [1.165, 1.54) is 10.9 Å². The van der Waals surface area contributed by atoms with Crippen molar-refractivity contribution in [2.45, 2.75) is 40.2 Å². The van der Waals surface area contributed by atoms with E-state index in [-0.39, 0.29) is 0 Å². The van der Waals surface area contributed by atoms with Gasteiger partial charge in [-0.15, -0.1) is 0 Å². The molecule has 2 nitrogen and oxygen atoms in total. The SMILES string of the molecule is CCCNCc1oc2c(Br)cc(Br)cc2c1CC(C)C. The van der Waals surface area contributed by atoms with E-state index in [4.69, 9.17) is 4.42 Å². The summed E-state index contributed by atoms with van der Waals surface area (Å²) in [5.41, 5.74) is 2.29. The highest BCUT2D eigenvalue weighted by Gasteiger charge is 2.17. The normalized spacial score (nSPS) is 11.7. The van der Waals surface area contributed by atoms with Gasteiger partial charge in [-0.25, -0.2) is 0 Å². The summed E-state index contributed by atoms with van der Waals surface area (Å²) < 4.78 is 8.19. The van der Waals surface area contributed by atoms with E-state index in [2.05, 4.69) is 64.0 Å². The number of hydrogen-bond donors (Lipinski definition) is 1. The van der Waals surface area contributed by atoms with E-state index in [1.807, 2.05) is 6.07 Å². The topological polar surface area (TPSA) is 25.2 Å². The van der Waals surface area contributed by atoms with Crippen molar-refractivity contribution in [2.75, 3.05) is 6.54 Å². The summed E-state index contributed by atoms with van der Waals surface area (Å²) in [6.45, 7) is 8.48. The minimum absolute atomic E-state index is 0.610. The summed E-state index contributed by atoms with van der Waals surface area (Å²) in [6, 6.07) is 4.19. The van der Waals surface area contributed by atoms with E-state index in [9.17, 15) is 0 Å². The predicted molar refractivity (Wildman–Crippen MR) is 92.2 cm³/mol. The maximum Gasteiger partial charge on any atom is 0.148 e. The van der Waals surface area contributed by atoms with Crippen molar-refractivity contribution < 1.29 is 4.42 Å². The van der Waals surface area contributed by atoms with Crippen molar-refractivity contribution in [3.05, 3.63) is 32.4 Å². The summed E-state index contributed by atoms with van der Waals surface area (Å²) in [7, 11) is 0. The number of halogens is 2. The molecule has 0 fully saturated rings. The number of nitrogens with one attached hydrogen (secondary N) is 1. The van der Waals surface area contributed by atoms with Crippen molar-refractivity contribution in [1.29, 1.82) is 0 Å². The second kappa shape index (κ2) is 7.10. The zero-order valence-corrected chi connectivity index (χ0v) is 15.4. The van der Waals surface area contributed by atoms with Crippen molar-refractivity contribution in [3.63, 3.8) is 0 Å². The molecule has 0 atom stereocenters. The van der Waals surface area contributed by atoms with Gasteiger partial charge < -0.3 is 9.73 Å². The van der Waals surface area contributed by atoms with Crippen LogP contribution in [0.1, 0.15) is 38.5 Å². The van der Waals surface area contributed by atoms with Crippen LogP contribution in [0, 0.1) is 5.92 Å². The first-order valence-corrected chi connectivity index (χ1v) is 8.71. The van der Waals surface area contributed by atoms with Gasteiger partial charge in [0.15, 0.2) is 0 Å². The lowest BCUT2D eigenvalue weighted by molar-refractivity contribution is 0.500. The van der Waals surface area contributed by atoms with Crippen LogP contribution in [0.5, 0.6) is 0 Å². The summed E-state index contributed by atoms with van der Waals surface area (Å²) in [5.74, 6) is 1.68. The van der Waals surface area contributed by atoms with Crippen molar-refractivity contribution in [1.82, 2.24) is 5.32 Å². The molecule has 110 valence electrons. The van der Waals surface area contributed by atoms with E-state index in [1.54, 1.807) is 0 Å². The zero-order valence-electron chi connectivity index (χ0n) is 12.2. The van der Waals surface area contributed by atoms with Gasteiger partial charge in [-0.1, -0.05) is 36.7 Å². The van der Waals surface area contributed by atoms with Crippen molar-refractivity contribution in [2.24, 2.45) is 5.92 Å². The molecule has 1 aromatic carbocycles. The highest BCUT2D eigenvalue weighted by Crippen LogP contribution is 2.35. The van der Waals surface area contributed by atoms with Gasteiger partial charge in [0.05, 0.1) is 11.0 Å². The average molecular weight is 403 g/mol. The largest absolute Gasteiger partial charge is 0.458 e. The van der Waals surface area contributed by atoms with Crippen LogP contribution in [-0.4, -0.2) is 6.54 Å². The second-order valence-corrected chi connectivity index (χ2v) is 7.31. The number of fused-ring (bicyclic) bond motifs is 1. The third kappa shape index (κ3) is 3.66. The lowest BCUT2D eigenvalue weighted by Crippen LogP contribution is -2.14. The Balaban J connectivity index is 2.46. The lowest BCUT2D eigenvalue weighted by atomic mass is 10.00. The number of hydrogen-bond acceptors (Lipinski definition) is 2. The summed E-state index contributed by atoms with van der Waals surface area (Å²) in [6.07, 6.45) is 2.17. The third-order valence-corrected chi connectivity index (χ3v) is 4.27. The molecule has 2 aromatic rings. The first-order valence-electron chi connectivity index (χ1n) is 7.13. The van der Waals surface area contributed by atoms with Crippen molar-refractivity contribution in [3.8, 4) is 0 Å². The third-order valence-electron chi connectivity index (χ3n) is 3.22. The Morgan fingerprint density at radius 2 is 2.00 bits per heavy atom. The van der Waals surface area contributed by atoms with Crippen LogP contribution in [0.3, 0.4) is 0 Å². The monoisotopic (exact) mass is 401 g/mol. The van der Waals surface area contributed by atoms with Crippen LogP contribution in [0.4, 0.5) is 0 Å². The Hall–Kier alpha value is -0.320. The maximum absolute atomic E-state index is 6.10.